The third-order valence-electron chi connectivity index (χ3n) is 4.03. The Morgan fingerprint density at radius 3 is 2.80 bits per heavy atom. The van der Waals surface area contributed by atoms with E-state index in [9.17, 15) is 4.39 Å². The van der Waals surface area contributed by atoms with E-state index in [1.165, 1.54) is 0 Å². The maximum Gasteiger partial charge on any atom is 0.130 e. The number of nitrogens with one attached hydrogen (secondary N) is 1. The Kier molecular flexibility index (Phi) is 5.38. The smallest absolute Gasteiger partial charge is 0.130 e. The molecule has 1 aromatic carbocycles. The van der Waals surface area contributed by atoms with Gasteiger partial charge in [0, 0.05) is 36.9 Å². The quantitative estimate of drug-likeness (QED) is 0.914. The predicted molar refractivity (Wildman–Crippen MR) is 82.8 cm³/mol. The van der Waals surface area contributed by atoms with Crippen LogP contribution in [-0.4, -0.2) is 44.7 Å². The van der Waals surface area contributed by atoms with Gasteiger partial charge >= 0.3 is 0 Å². The summed E-state index contributed by atoms with van der Waals surface area (Å²) in [4.78, 5) is 4.67. The highest BCUT2D eigenvalue weighted by atomic mass is 19.1. The van der Waals surface area contributed by atoms with Crippen LogP contribution in [0.2, 0.25) is 0 Å². The third kappa shape index (κ3) is 3.49. The van der Waals surface area contributed by atoms with Gasteiger partial charge in [-0.25, -0.2) is 4.39 Å². The normalized spacial score (nSPS) is 18.9. The Hall–Kier alpha value is -1.13. The van der Waals surface area contributed by atoms with E-state index < -0.39 is 0 Å². The molecule has 1 unspecified atom stereocenters. The van der Waals surface area contributed by atoms with Crippen LogP contribution in [0.4, 0.5) is 10.1 Å². The predicted octanol–water partition coefficient (Wildman–Crippen LogP) is 2.64. The Bertz CT molecular complexity index is 436. The first-order valence-corrected chi connectivity index (χ1v) is 7.58. The van der Waals surface area contributed by atoms with Crippen molar-refractivity contribution in [3.63, 3.8) is 0 Å². The highest BCUT2D eigenvalue weighted by molar-refractivity contribution is 5.55. The maximum absolute atomic E-state index is 14.3. The summed E-state index contributed by atoms with van der Waals surface area (Å²) in [5, 5.41) is 3.33. The Morgan fingerprint density at radius 2 is 2.05 bits per heavy atom. The molecule has 0 spiro atoms. The molecule has 1 fully saturated rings. The molecule has 112 valence electrons. The van der Waals surface area contributed by atoms with E-state index in [2.05, 4.69) is 35.2 Å². The molecule has 1 aliphatic rings. The van der Waals surface area contributed by atoms with Gasteiger partial charge in [-0.2, -0.15) is 0 Å². The van der Waals surface area contributed by atoms with E-state index in [1.54, 1.807) is 6.07 Å². The van der Waals surface area contributed by atoms with Crippen LogP contribution in [0.1, 0.15) is 31.9 Å². The standard InChI is InChI=1S/C16H26FN3/c1-4-18-13(2)16-14(17)7-5-8-15(16)20-10-6-9-19(3)11-12-20/h5,7-8,13,18H,4,6,9-12H2,1-3H3. The fraction of sp³-hybridized carbons (Fsp3) is 0.625. The molecule has 20 heavy (non-hydrogen) atoms. The van der Waals surface area contributed by atoms with E-state index >= 15 is 0 Å². The van der Waals surface area contributed by atoms with Crippen LogP contribution in [0.25, 0.3) is 0 Å². The molecule has 1 atom stereocenters. The number of hydrogen-bond acceptors (Lipinski definition) is 3. The maximum atomic E-state index is 14.3. The topological polar surface area (TPSA) is 18.5 Å². The van der Waals surface area contributed by atoms with Crippen molar-refractivity contribution < 1.29 is 4.39 Å². The SMILES string of the molecule is CCNC(C)c1c(F)cccc1N1CCCN(C)CC1. The minimum absolute atomic E-state index is 0.0391. The van der Waals surface area contributed by atoms with Gasteiger partial charge in [0.15, 0.2) is 0 Å². The first-order valence-electron chi connectivity index (χ1n) is 7.58. The monoisotopic (exact) mass is 279 g/mol. The van der Waals surface area contributed by atoms with Crippen molar-refractivity contribution in [2.75, 3.05) is 44.7 Å². The van der Waals surface area contributed by atoms with Crippen molar-refractivity contribution in [2.45, 2.75) is 26.3 Å². The summed E-state index contributed by atoms with van der Waals surface area (Å²) in [7, 11) is 2.15. The highest BCUT2D eigenvalue weighted by Crippen LogP contribution is 2.29. The lowest BCUT2D eigenvalue weighted by Crippen LogP contribution is -2.31. The minimum atomic E-state index is -0.103. The van der Waals surface area contributed by atoms with Gasteiger partial charge in [-0.1, -0.05) is 13.0 Å². The number of benzene rings is 1. The van der Waals surface area contributed by atoms with Crippen LogP contribution in [0.3, 0.4) is 0 Å². The van der Waals surface area contributed by atoms with E-state index in [1.807, 2.05) is 13.0 Å². The lowest BCUT2D eigenvalue weighted by molar-refractivity contribution is 0.360. The fourth-order valence-corrected chi connectivity index (χ4v) is 2.93. The second kappa shape index (κ2) is 7.04. The van der Waals surface area contributed by atoms with Gasteiger partial charge in [0.25, 0.3) is 0 Å². The third-order valence-corrected chi connectivity index (χ3v) is 4.03. The van der Waals surface area contributed by atoms with Gasteiger partial charge in [-0.3, -0.25) is 0 Å². The molecule has 0 aromatic heterocycles. The first-order chi connectivity index (χ1) is 9.63. The van der Waals surface area contributed by atoms with Gasteiger partial charge in [0.1, 0.15) is 5.82 Å². The zero-order valence-electron chi connectivity index (χ0n) is 12.8. The van der Waals surface area contributed by atoms with Crippen molar-refractivity contribution in [1.29, 1.82) is 0 Å². The summed E-state index contributed by atoms with van der Waals surface area (Å²) in [6.45, 7) is 9.05. The van der Waals surface area contributed by atoms with Gasteiger partial charge < -0.3 is 15.1 Å². The van der Waals surface area contributed by atoms with Gasteiger partial charge in [0.2, 0.25) is 0 Å². The average molecular weight is 279 g/mol. The summed E-state index contributed by atoms with van der Waals surface area (Å²) in [6, 6.07) is 5.48. The lowest BCUT2D eigenvalue weighted by atomic mass is 10.0. The minimum Gasteiger partial charge on any atom is -0.370 e. The molecule has 2 rings (SSSR count). The number of likely N-dealkylation sites (N-methyl/N-ethyl adjacent to an activating group) is 1. The molecule has 1 saturated heterocycles. The molecule has 1 aliphatic heterocycles. The van der Waals surface area contributed by atoms with Crippen molar-refractivity contribution in [1.82, 2.24) is 10.2 Å². The zero-order chi connectivity index (χ0) is 14.5. The summed E-state index contributed by atoms with van der Waals surface area (Å²) in [6.07, 6.45) is 1.13. The van der Waals surface area contributed by atoms with Gasteiger partial charge in [-0.15, -0.1) is 0 Å². The summed E-state index contributed by atoms with van der Waals surface area (Å²) < 4.78 is 14.3. The van der Waals surface area contributed by atoms with Crippen molar-refractivity contribution in [3.05, 3.63) is 29.6 Å². The molecule has 3 nitrogen and oxygen atoms in total. The Balaban J connectivity index is 2.28. The van der Waals surface area contributed by atoms with Crippen LogP contribution < -0.4 is 10.2 Å². The molecule has 0 saturated carbocycles. The van der Waals surface area contributed by atoms with E-state index in [4.69, 9.17) is 0 Å². The molecule has 0 aliphatic carbocycles. The highest BCUT2D eigenvalue weighted by Gasteiger charge is 2.20. The molecule has 0 bridgehead atoms. The number of nitrogens with zero attached hydrogens (tertiary/aromatic N) is 2. The molecule has 0 radical (unpaired) electrons. The van der Waals surface area contributed by atoms with Crippen molar-refractivity contribution >= 4 is 5.69 Å². The Morgan fingerprint density at radius 1 is 1.25 bits per heavy atom. The number of anilines is 1. The van der Waals surface area contributed by atoms with Crippen LogP contribution in [0, 0.1) is 5.82 Å². The van der Waals surface area contributed by atoms with Crippen molar-refractivity contribution in [2.24, 2.45) is 0 Å². The molecule has 1 N–H and O–H groups in total. The van der Waals surface area contributed by atoms with Crippen LogP contribution in [0.5, 0.6) is 0 Å². The van der Waals surface area contributed by atoms with E-state index in [0.717, 1.165) is 50.4 Å². The first kappa shape index (κ1) is 15.3. The van der Waals surface area contributed by atoms with Crippen LogP contribution in [0.15, 0.2) is 18.2 Å². The second-order valence-electron chi connectivity index (χ2n) is 5.60. The van der Waals surface area contributed by atoms with Crippen molar-refractivity contribution in [3.8, 4) is 0 Å². The van der Waals surface area contributed by atoms with Gasteiger partial charge in [0.05, 0.1) is 0 Å². The molecule has 1 aromatic rings. The van der Waals surface area contributed by atoms with E-state index in [0.29, 0.717) is 0 Å². The number of halogens is 1. The average Bonchev–Trinajstić information content (AvgIpc) is 2.63. The zero-order valence-corrected chi connectivity index (χ0v) is 12.8. The molecule has 4 heteroatoms. The fourth-order valence-electron chi connectivity index (χ4n) is 2.93. The van der Waals surface area contributed by atoms with Crippen LogP contribution in [-0.2, 0) is 0 Å². The molecular weight excluding hydrogens is 253 g/mol. The Labute approximate surface area is 121 Å². The van der Waals surface area contributed by atoms with Crippen LogP contribution >= 0.6 is 0 Å². The molecule has 0 amide bonds. The summed E-state index contributed by atoms with van der Waals surface area (Å²) >= 11 is 0. The number of hydrogen-bond donors (Lipinski definition) is 1. The second-order valence-corrected chi connectivity index (χ2v) is 5.60. The largest absolute Gasteiger partial charge is 0.370 e. The summed E-state index contributed by atoms with van der Waals surface area (Å²) in [5.74, 6) is -0.103. The van der Waals surface area contributed by atoms with E-state index in [-0.39, 0.29) is 11.9 Å². The molecule has 1 heterocycles. The lowest BCUT2D eigenvalue weighted by Gasteiger charge is -2.28. The molecular formula is C16H26FN3. The summed E-state index contributed by atoms with van der Waals surface area (Å²) in [5.41, 5.74) is 1.85. The number of rotatable bonds is 4. The van der Waals surface area contributed by atoms with Gasteiger partial charge in [-0.05, 0) is 45.6 Å².